The molecular formula is C23H32N2O5. The van der Waals surface area contributed by atoms with Crippen LogP contribution in [0.1, 0.15) is 71.4 Å². The lowest BCUT2D eigenvalue weighted by Gasteiger charge is -2.47. The largest absolute Gasteiger partial charge is 0.487 e. The minimum Gasteiger partial charge on any atom is -0.487 e. The molecule has 0 bridgehead atoms. The summed E-state index contributed by atoms with van der Waals surface area (Å²) in [6.45, 7) is 8.11. The van der Waals surface area contributed by atoms with E-state index >= 15 is 0 Å². The zero-order chi connectivity index (χ0) is 21.9. The molecular weight excluding hydrogens is 384 g/mol. The molecule has 1 atom stereocenters. The fraction of sp³-hybridized carbons (Fsp3) is 0.609. The van der Waals surface area contributed by atoms with Gasteiger partial charge in [0.15, 0.2) is 0 Å². The van der Waals surface area contributed by atoms with Gasteiger partial charge in [0.25, 0.3) is 0 Å². The van der Waals surface area contributed by atoms with E-state index < -0.39 is 11.2 Å². The van der Waals surface area contributed by atoms with Gasteiger partial charge < -0.3 is 19.7 Å². The Labute approximate surface area is 178 Å². The molecule has 1 fully saturated rings. The Hall–Kier alpha value is -2.57. The van der Waals surface area contributed by atoms with E-state index in [1.54, 1.807) is 4.90 Å². The molecule has 7 heteroatoms. The summed E-state index contributed by atoms with van der Waals surface area (Å²) in [6.07, 6.45) is 2.31. The second-order valence-electron chi connectivity index (χ2n) is 9.25. The molecule has 0 aromatic heterocycles. The van der Waals surface area contributed by atoms with Gasteiger partial charge >= 0.3 is 5.97 Å². The van der Waals surface area contributed by atoms with E-state index in [2.05, 4.69) is 5.32 Å². The van der Waals surface area contributed by atoms with Gasteiger partial charge in [-0.15, -0.1) is 0 Å². The van der Waals surface area contributed by atoms with Gasteiger partial charge in [0.2, 0.25) is 11.8 Å². The van der Waals surface area contributed by atoms with Crippen molar-refractivity contribution in [2.75, 3.05) is 13.1 Å². The molecule has 1 spiro atoms. The number of likely N-dealkylation sites (tertiary alicyclic amines) is 1. The average molecular weight is 417 g/mol. The molecule has 1 unspecified atom stereocenters. The summed E-state index contributed by atoms with van der Waals surface area (Å²) in [5.74, 6) is 0.342. The van der Waals surface area contributed by atoms with E-state index in [1.807, 2.05) is 45.0 Å². The summed E-state index contributed by atoms with van der Waals surface area (Å²) in [4.78, 5) is 38.0. The maximum atomic E-state index is 12.6. The zero-order valence-electron chi connectivity index (χ0n) is 18.3. The van der Waals surface area contributed by atoms with Gasteiger partial charge in [-0.1, -0.05) is 18.2 Å². The lowest BCUT2D eigenvalue weighted by molar-refractivity contribution is -0.156. The summed E-state index contributed by atoms with van der Waals surface area (Å²) >= 11 is 0. The van der Waals surface area contributed by atoms with Gasteiger partial charge in [-0.3, -0.25) is 14.4 Å². The Morgan fingerprint density at radius 2 is 1.83 bits per heavy atom. The fourth-order valence-electron chi connectivity index (χ4n) is 4.22. The van der Waals surface area contributed by atoms with Crippen molar-refractivity contribution < 1.29 is 23.9 Å². The van der Waals surface area contributed by atoms with Crippen LogP contribution < -0.4 is 10.1 Å². The summed E-state index contributed by atoms with van der Waals surface area (Å²) in [5, 5.41) is 3.04. The van der Waals surface area contributed by atoms with Crippen LogP contribution in [0.2, 0.25) is 0 Å². The molecule has 1 aromatic rings. The number of fused-ring (bicyclic) bond motifs is 1. The summed E-state index contributed by atoms with van der Waals surface area (Å²) in [5.41, 5.74) is 0.0503. The van der Waals surface area contributed by atoms with Crippen molar-refractivity contribution in [3.05, 3.63) is 29.8 Å². The van der Waals surface area contributed by atoms with Crippen LogP contribution in [0.25, 0.3) is 0 Å². The van der Waals surface area contributed by atoms with Crippen molar-refractivity contribution in [1.29, 1.82) is 0 Å². The molecule has 1 saturated heterocycles. The number of carbonyl (C=O) groups excluding carboxylic acids is 3. The highest BCUT2D eigenvalue weighted by molar-refractivity contribution is 5.81. The van der Waals surface area contributed by atoms with Gasteiger partial charge in [-0.2, -0.15) is 0 Å². The molecule has 2 aliphatic rings. The minimum atomic E-state index is -0.545. The molecule has 0 saturated carbocycles. The standard InChI is InChI=1S/C23H32N2O5/c1-16(26)24-18-15-23(29-19-8-6-5-7-17(18)19)11-13-25(14-12-23)20(27)9-10-21(28)30-22(2,3)4/h5-8,18H,9-15H2,1-4H3,(H,24,26). The Morgan fingerprint density at radius 1 is 1.17 bits per heavy atom. The first-order valence-electron chi connectivity index (χ1n) is 10.6. The molecule has 2 heterocycles. The highest BCUT2D eigenvalue weighted by Gasteiger charge is 2.44. The molecule has 1 N–H and O–H groups in total. The number of benzene rings is 1. The predicted molar refractivity (Wildman–Crippen MR) is 112 cm³/mol. The van der Waals surface area contributed by atoms with Crippen LogP contribution in [0.5, 0.6) is 5.75 Å². The normalized spacial score (nSPS) is 20.1. The van der Waals surface area contributed by atoms with Crippen molar-refractivity contribution in [2.24, 2.45) is 0 Å². The maximum absolute atomic E-state index is 12.6. The highest BCUT2D eigenvalue weighted by Crippen LogP contribution is 2.44. The van der Waals surface area contributed by atoms with Crippen LogP contribution in [0.15, 0.2) is 24.3 Å². The molecule has 164 valence electrons. The number of hydrogen-bond donors (Lipinski definition) is 1. The number of amides is 2. The lowest BCUT2D eigenvalue weighted by Crippen LogP contribution is -2.53. The minimum absolute atomic E-state index is 0.0367. The Kier molecular flexibility index (Phi) is 6.38. The van der Waals surface area contributed by atoms with Crippen LogP contribution in [-0.2, 0) is 19.1 Å². The van der Waals surface area contributed by atoms with E-state index in [4.69, 9.17) is 9.47 Å². The van der Waals surface area contributed by atoms with Gasteiger partial charge in [0.05, 0.1) is 12.5 Å². The molecule has 7 nitrogen and oxygen atoms in total. The monoisotopic (exact) mass is 416 g/mol. The summed E-state index contributed by atoms with van der Waals surface area (Å²) in [7, 11) is 0. The number of esters is 1. The third kappa shape index (κ3) is 5.52. The van der Waals surface area contributed by atoms with E-state index in [9.17, 15) is 14.4 Å². The first-order chi connectivity index (χ1) is 14.1. The van der Waals surface area contributed by atoms with E-state index in [1.165, 1.54) is 6.92 Å². The highest BCUT2D eigenvalue weighted by atomic mass is 16.6. The van der Waals surface area contributed by atoms with Gasteiger partial charge in [-0.25, -0.2) is 0 Å². The fourth-order valence-corrected chi connectivity index (χ4v) is 4.22. The Balaban J connectivity index is 1.58. The van der Waals surface area contributed by atoms with Crippen molar-refractivity contribution >= 4 is 17.8 Å². The van der Waals surface area contributed by atoms with Crippen LogP contribution in [-0.4, -0.2) is 47.0 Å². The predicted octanol–water partition coefficient (Wildman–Crippen LogP) is 3.13. The third-order valence-electron chi connectivity index (χ3n) is 5.56. The molecule has 2 aliphatic heterocycles. The molecule has 30 heavy (non-hydrogen) atoms. The maximum Gasteiger partial charge on any atom is 0.306 e. The quantitative estimate of drug-likeness (QED) is 0.763. The number of rotatable bonds is 4. The molecule has 0 radical (unpaired) electrons. The Bertz CT molecular complexity index is 806. The SMILES string of the molecule is CC(=O)NC1CC2(CCN(C(=O)CCC(=O)OC(C)(C)C)CC2)Oc2ccccc21. The number of carbonyl (C=O) groups is 3. The number of para-hydroxylation sites is 1. The van der Waals surface area contributed by atoms with Crippen LogP contribution in [0, 0.1) is 0 Å². The Morgan fingerprint density at radius 3 is 2.47 bits per heavy atom. The molecule has 2 amide bonds. The third-order valence-corrected chi connectivity index (χ3v) is 5.56. The first-order valence-corrected chi connectivity index (χ1v) is 10.6. The second kappa shape index (κ2) is 8.66. The van der Waals surface area contributed by atoms with Crippen LogP contribution >= 0.6 is 0 Å². The van der Waals surface area contributed by atoms with Gasteiger partial charge in [0, 0.05) is 51.3 Å². The van der Waals surface area contributed by atoms with Crippen molar-refractivity contribution in [1.82, 2.24) is 10.2 Å². The molecule has 0 aliphatic carbocycles. The zero-order valence-corrected chi connectivity index (χ0v) is 18.3. The van der Waals surface area contributed by atoms with E-state index in [0.717, 1.165) is 11.3 Å². The van der Waals surface area contributed by atoms with Crippen molar-refractivity contribution in [3.8, 4) is 5.75 Å². The number of ether oxygens (including phenoxy) is 2. The number of piperidine rings is 1. The van der Waals surface area contributed by atoms with Crippen LogP contribution in [0.3, 0.4) is 0 Å². The number of hydrogen-bond acceptors (Lipinski definition) is 5. The van der Waals surface area contributed by atoms with Gasteiger partial charge in [0.1, 0.15) is 17.0 Å². The number of nitrogens with zero attached hydrogens (tertiary/aromatic N) is 1. The summed E-state index contributed by atoms with van der Waals surface area (Å²) < 4.78 is 11.7. The summed E-state index contributed by atoms with van der Waals surface area (Å²) in [6, 6.07) is 7.70. The average Bonchev–Trinajstić information content (AvgIpc) is 2.65. The second-order valence-corrected chi connectivity index (χ2v) is 9.25. The number of nitrogens with one attached hydrogen (secondary N) is 1. The van der Waals surface area contributed by atoms with E-state index in [0.29, 0.717) is 32.4 Å². The van der Waals surface area contributed by atoms with Crippen molar-refractivity contribution in [2.45, 2.75) is 77.0 Å². The van der Waals surface area contributed by atoms with Crippen LogP contribution in [0.4, 0.5) is 0 Å². The molecule has 1 aromatic carbocycles. The smallest absolute Gasteiger partial charge is 0.306 e. The lowest BCUT2D eigenvalue weighted by atomic mass is 9.80. The first kappa shape index (κ1) is 22.1. The molecule has 3 rings (SSSR count). The topological polar surface area (TPSA) is 84.9 Å². The van der Waals surface area contributed by atoms with E-state index in [-0.39, 0.29) is 36.7 Å². The van der Waals surface area contributed by atoms with Gasteiger partial charge in [-0.05, 0) is 26.8 Å². The van der Waals surface area contributed by atoms with Crippen molar-refractivity contribution in [3.63, 3.8) is 0 Å².